The molecule has 0 saturated carbocycles. The lowest BCUT2D eigenvalue weighted by atomic mass is 9.95. The van der Waals surface area contributed by atoms with Gasteiger partial charge in [-0.25, -0.2) is 9.97 Å². The first-order chi connectivity index (χ1) is 18.6. The summed E-state index contributed by atoms with van der Waals surface area (Å²) in [6, 6.07) is 20.7. The van der Waals surface area contributed by atoms with Crippen LogP contribution in [0.1, 0.15) is 27.0 Å². The normalized spacial score (nSPS) is 14.7. The Bertz CT molecular complexity index is 1550. The van der Waals surface area contributed by atoms with E-state index in [2.05, 4.69) is 10.3 Å². The third kappa shape index (κ3) is 4.88. The molecule has 0 bridgehead atoms. The van der Waals surface area contributed by atoms with Crippen molar-refractivity contribution in [2.45, 2.75) is 6.54 Å². The van der Waals surface area contributed by atoms with Gasteiger partial charge in [0.1, 0.15) is 0 Å². The van der Waals surface area contributed by atoms with Crippen molar-refractivity contribution >= 4 is 46.5 Å². The number of halogens is 2. The Labute approximate surface area is 230 Å². The van der Waals surface area contributed by atoms with Crippen molar-refractivity contribution < 1.29 is 9.53 Å². The Kier molecular flexibility index (Phi) is 6.81. The highest BCUT2D eigenvalue weighted by atomic mass is 35.5. The molecule has 3 aromatic carbocycles. The third-order valence-corrected chi connectivity index (χ3v) is 7.14. The SMILES string of the molecule is O=C(c1ccc(Nc2ncc3c(n2)-c2ccc(Cl)cc2C(c2ccccc2Cl)=NC3)cc1)N1CCOCC1. The molecule has 0 radical (unpaired) electrons. The van der Waals surface area contributed by atoms with Crippen LogP contribution in [0.25, 0.3) is 11.3 Å². The zero-order chi connectivity index (χ0) is 26.1. The lowest BCUT2D eigenvalue weighted by Gasteiger charge is -2.26. The highest BCUT2D eigenvalue weighted by molar-refractivity contribution is 6.36. The quantitative estimate of drug-likeness (QED) is 0.340. The fourth-order valence-electron chi connectivity index (χ4n) is 4.64. The minimum Gasteiger partial charge on any atom is -0.378 e. The molecule has 9 heteroatoms. The number of hydrogen-bond acceptors (Lipinski definition) is 6. The topological polar surface area (TPSA) is 79.7 Å². The van der Waals surface area contributed by atoms with E-state index < -0.39 is 0 Å². The third-order valence-electron chi connectivity index (χ3n) is 6.58. The van der Waals surface area contributed by atoms with Gasteiger partial charge >= 0.3 is 0 Å². The van der Waals surface area contributed by atoms with Crippen LogP contribution in [-0.4, -0.2) is 52.8 Å². The number of morpholine rings is 1. The van der Waals surface area contributed by atoms with Gasteiger partial charge in [-0.15, -0.1) is 0 Å². The Morgan fingerprint density at radius 2 is 1.71 bits per heavy atom. The van der Waals surface area contributed by atoms with Gasteiger partial charge in [0.05, 0.1) is 31.2 Å². The number of hydrogen-bond donors (Lipinski definition) is 1. The van der Waals surface area contributed by atoms with Crippen molar-refractivity contribution in [1.29, 1.82) is 0 Å². The Hall–Kier alpha value is -3.78. The summed E-state index contributed by atoms with van der Waals surface area (Å²) in [5.74, 6) is 0.448. The van der Waals surface area contributed by atoms with Gasteiger partial charge < -0.3 is 15.0 Å². The number of rotatable bonds is 4. The summed E-state index contributed by atoms with van der Waals surface area (Å²) in [7, 11) is 0. The monoisotopic (exact) mass is 543 g/mol. The number of ether oxygens (including phenoxy) is 1. The molecule has 1 fully saturated rings. The van der Waals surface area contributed by atoms with E-state index in [0.717, 1.165) is 39.3 Å². The number of carbonyl (C=O) groups is 1. The van der Waals surface area contributed by atoms with Crippen LogP contribution in [0, 0.1) is 0 Å². The van der Waals surface area contributed by atoms with Crippen molar-refractivity contribution in [3.8, 4) is 11.3 Å². The minimum absolute atomic E-state index is 0.00530. The van der Waals surface area contributed by atoms with Gasteiger partial charge in [-0.3, -0.25) is 9.79 Å². The molecule has 38 heavy (non-hydrogen) atoms. The molecule has 6 rings (SSSR count). The van der Waals surface area contributed by atoms with Crippen LogP contribution in [0.5, 0.6) is 0 Å². The number of nitrogens with one attached hydrogen (secondary N) is 1. The number of benzene rings is 3. The van der Waals surface area contributed by atoms with Crippen molar-refractivity contribution in [3.63, 3.8) is 0 Å². The first-order valence-corrected chi connectivity index (χ1v) is 13.0. The second-order valence-electron chi connectivity index (χ2n) is 9.01. The number of carbonyl (C=O) groups excluding carboxylic acids is 1. The zero-order valence-corrected chi connectivity index (χ0v) is 21.8. The van der Waals surface area contributed by atoms with E-state index in [9.17, 15) is 4.79 Å². The van der Waals surface area contributed by atoms with Gasteiger partial charge in [0.2, 0.25) is 5.95 Å². The molecular weight excluding hydrogens is 521 g/mol. The Morgan fingerprint density at radius 3 is 2.50 bits per heavy atom. The van der Waals surface area contributed by atoms with Gasteiger partial charge in [-0.2, -0.15) is 0 Å². The average molecular weight is 544 g/mol. The Morgan fingerprint density at radius 1 is 0.921 bits per heavy atom. The number of anilines is 2. The van der Waals surface area contributed by atoms with Gasteiger partial charge in [0.15, 0.2) is 0 Å². The molecule has 0 spiro atoms. The van der Waals surface area contributed by atoms with Crippen molar-refractivity contribution in [3.05, 3.63) is 105 Å². The molecule has 4 aromatic rings. The molecule has 7 nitrogen and oxygen atoms in total. The molecule has 190 valence electrons. The van der Waals surface area contributed by atoms with E-state index in [1.54, 1.807) is 6.20 Å². The summed E-state index contributed by atoms with van der Waals surface area (Å²) >= 11 is 12.9. The number of amides is 1. The molecule has 1 saturated heterocycles. The molecule has 1 aromatic heterocycles. The van der Waals surface area contributed by atoms with Crippen LogP contribution < -0.4 is 5.32 Å². The van der Waals surface area contributed by atoms with Gasteiger partial charge in [-0.1, -0.05) is 47.5 Å². The molecule has 3 heterocycles. The number of aromatic nitrogens is 2. The zero-order valence-electron chi connectivity index (χ0n) is 20.3. The predicted octanol–water partition coefficient (Wildman–Crippen LogP) is 6.02. The summed E-state index contributed by atoms with van der Waals surface area (Å²) in [5, 5.41) is 4.48. The highest BCUT2D eigenvalue weighted by Crippen LogP contribution is 2.35. The van der Waals surface area contributed by atoms with E-state index in [-0.39, 0.29) is 5.91 Å². The van der Waals surface area contributed by atoms with E-state index in [1.807, 2.05) is 71.6 Å². The van der Waals surface area contributed by atoms with Crippen LogP contribution in [0.2, 0.25) is 10.0 Å². The lowest BCUT2D eigenvalue weighted by Crippen LogP contribution is -2.40. The van der Waals surface area contributed by atoms with Crippen molar-refractivity contribution in [2.75, 3.05) is 31.6 Å². The molecule has 2 aliphatic heterocycles. The second-order valence-corrected chi connectivity index (χ2v) is 9.85. The molecule has 0 atom stereocenters. The molecule has 1 amide bonds. The number of fused-ring (bicyclic) bond motifs is 3. The number of aliphatic imine (C=N–C) groups is 1. The maximum Gasteiger partial charge on any atom is 0.254 e. The average Bonchev–Trinajstić information content (AvgIpc) is 3.10. The van der Waals surface area contributed by atoms with Crippen LogP contribution >= 0.6 is 23.2 Å². The largest absolute Gasteiger partial charge is 0.378 e. The van der Waals surface area contributed by atoms with Crippen molar-refractivity contribution in [1.82, 2.24) is 14.9 Å². The molecule has 1 N–H and O–H groups in total. The fraction of sp³-hybridized carbons (Fsp3) is 0.172. The van der Waals surface area contributed by atoms with E-state index >= 15 is 0 Å². The highest BCUT2D eigenvalue weighted by Gasteiger charge is 2.23. The molecule has 0 unspecified atom stereocenters. The van der Waals surface area contributed by atoms with E-state index in [4.69, 9.17) is 37.9 Å². The van der Waals surface area contributed by atoms with Gasteiger partial charge in [0.25, 0.3) is 5.91 Å². The van der Waals surface area contributed by atoms with Crippen LogP contribution in [0.4, 0.5) is 11.6 Å². The first kappa shape index (κ1) is 24.6. The predicted molar refractivity (Wildman–Crippen MR) is 150 cm³/mol. The standard InChI is InChI=1S/C29H23Cl2N5O2/c30-20-7-10-22-24(15-20)27(23-3-1-2-4-25(23)31)32-16-19-17-33-29(35-26(19)22)34-21-8-5-18(6-9-21)28(37)36-11-13-38-14-12-36/h1-10,15,17H,11-14,16H2,(H,33,34,35). The Balaban J connectivity index is 1.30. The molecule has 2 aliphatic rings. The lowest BCUT2D eigenvalue weighted by molar-refractivity contribution is 0.0303. The summed E-state index contributed by atoms with van der Waals surface area (Å²) in [6.07, 6.45) is 1.79. The first-order valence-electron chi connectivity index (χ1n) is 12.3. The van der Waals surface area contributed by atoms with Gasteiger partial charge in [0, 0.05) is 62.8 Å². The maximum absolute atomic E-state index is 12.7. The van der Waals surface area contributed by atoms with Crippen molar-refractivity contribution in [2.24, 2.45) is 4.99 Å². The molecule has 0 aliphatic carbocycles. The summed E-state index contributed by atoms with van der Waals surface area (Å²) in [6.45, 7) is 2.76. The summed E-state index contributed by atoms with van der Waals surface area (Å²) < 4.78 is 5.34. The molecular formula is C29H23Cl2N5O2. The van der Waals surface area contributed by atoms with E-state index in [0.29, 0.717) is 54.4 Å². The van der Waals surface area contributed by atoms with E-state index in [1.165, 1.54) is 0 Å². The van der Waals surface area contributed by atoms with Crippen LogP contribution in [-0.2, 0) is 11.3 Å². The smallest absolute Gasteiger partial charge is 0.254 e. The second kappa shape index (κ2) is 10.5. The number of nitrogens with zero attached hydrogens (tertiary/aromatic N) is 4. The van der Waals surface area contributed by atoms with Crippen LogP contribution in [0.15, 0.2) is 77.9 Å². The summed E-state index contributed by atoms with van der Waals surface area (Å²) in [5.41, 5.74) is 6.45. The fourth-order valence-corrected chi connectivity index (χ4v) is 5.04. The maximum atomic E-state index is 12.7. The summed E-state index contributed by atoms with van der Waals surface area (Å²) in [4.78, 5) is 28.8. The van der Waals surface area contributed by atoms with Gasteiger partial charge in [-0.05, 0) is 42.5 Å². The van der Waals surface area contributed by atoms with Crippen LogP contribution in [0.3, 0.4) is 0 Å². The minimum atomic E-state index is 0.00530.